The lowest BCUT2D eigenvalue weighted by Crippen LogP contribution is -2.17. The summed E-state index contributed by atoms with van der Waals surface area (Å²) in [6.07, 6.45) is 1.05. The Morgan fingerprint density at radius 1 is 1.18 bits per heavy atom. The first kappa shape index (κ1) is 16.8. The van der Waals surface area contributed by atoms with Gasteiger partial charge in [0, 0.05) is 31.6 Å². The van der Waals surface area contributed by atoms with Crippen LogP contribution in [-0.4, -0.2) is 24.8 Å². The Kier molecular flexibility index (Phi) is 6.22. The van der Waals surface area contributed by atoms with Gasteiger partial charge in [-0.05, 0) is 50.9 Å². The zero-order valence-electron chi connectivity index (χ0n) is 14.2. The SMILES string of the molecule is COCCCNCc1cc(C)n([C@H](C)c2ccccc2)c1C. The fourth-order valence-corrected chi connectivity index (χ4v) is 3.07. The molecule has 0 bridgehead atoms. The van der Waals surface area contributed by atoms with E-state index in [4.69, 9.17) is 4.74 Å². The van der Waals surface area contributed by atoms with E-state index in [0.29, 0.717) is 6.04 Å². The number of aromatic nitrogens is 1. The van der Waals surface area contributed by atoms with E-state index in [1.165, 1.54) is 22.5 Å². The van der Waals surface area contributed by atoms with Gasteiger partial charge in [0.15, 0.2) is 0 Å². The van der Waals surface area contributed by atoms with Crippen LogP contribution in [0.25, 0.3) is 0 Å². The standard InChI is InChI=1S/C19H28N2O/c1-15-13-19(14-20-11-8-12-22-4)17(3)21(15)16(2)18-9-6-5-7-10-18/h5-7,9-10,13,16,20H,8,11-12,14H2,1-4H3/t16-/m1/s1. The highest BCUT2D eigenvalue weighted by atomic mass is 16.5. The highest BCUT2D eigenvalue weighted by Crippen LogP contribution is 2.25. The van der Waals surface area contributed by atoms with Crippen LogP contribution in [0.2, 0.25) is 0 Å². The van der Waals surface area contributed by atoms with Gasteiger partial charge >= 0.3 is 0 Å². The largest absolute Gasteiger partial charge is 0.385 e. The van der Waals surface area contributed by atoms with Gasteiger partial charge in [-0.15, -0.1) is 0 Å². The van der Waals surface area contributed by atoms with Crippen molar-refractivity contribution in [2.45, 2.75) is 39.8 Å². The van der Waals surface area contributed by atoms with E-state index in [1.54, 1.807) is 7.11 Å². The molecule has 0 spiro atoms. The highest BCUT2D eigenvalue weighted by molar-refractivity contribution is 5.30. The Bertz CT molecular complexity index is 575. The molecule has 0 amide bonds. The van der Waals surface area contributed by atoms with Crippen LogP contribution in [0.3, 0.4) is 0 Å². The van der Waals surface area contributed by atoms with Crippen LogP contribution in [0, 0.1) is 13.8 Å². The summed E-state index contributed by atoms with van der Waals surface area (Å²) in [5, 5.41) is 3.50. The summed E-state index contributed by atoms with van der Waals surface area (Å²) in [5.41, 5.74) is 5.41. The lowest BCUT2D eigenvalue weighted by molar-refractivity contribution is 0.194. The zero-order chi connectivity index (χ0) is 15.9. The fraction of sp³-hybridized carbons (Fsp3) is 0.474. The molecule has 0 radical (unpaired) electrons. The van der Waals surface area contributed by atoms with Crippen LogP contribution in [0.15, 0.2) is 36.4 Å². The summed E-state index contributed by atoms with van der Waals surface area (Å²) in [6, 6.07) is 13.4. The fourth-order valence-electron chi connectivity index (χ4n) is 3.07. The van der Waals surface area contributed by atoms with Gasteiger partial charge in [-0.2, -0.15) is 0 Å². The van der Waals surface area contributed by atoms with Gasteiger partial charge in [0.05, 0.1) is 6.04 Å². The lowest BCUT2D eigenvalue weighted by Gasteiger charge is -2.19. The summed E-state index contributed by atoms with van der Waals surface area (Å²) in [6.45, 7) is 9.41. The van der Waals surface area contributed by atoms with Crippen molar-refractivity contribution < 1.29 is 4.74 Å². The molecule has 0 fully saturated rings. The Morgan fingerprint density at radius 2 is 1.91 bits per heavy atom. The van der Waals surface area contributed by atoms with Gasteiger partial charge in [-0.25, -0.2) is 0 Å². The number of aryl methyl sites for hydroxylation is 1. The molecule has 3 nitrogen and oxygen atoms in total. The second-order valence-electron chi connectivity index (χ2n) is 5.88. The molecule has 1 heterocycles. The molecule has 120 valence electrons. The van der Waals surface area contributed by atoms with Crippen molar-refractivity contribution in [3.05, 3.63) is 58.9 Å². The zero-order valence-corrected chi connectivity index (χ0v) is 14.2. The molecule has 3 heteroatoms. The summed E-state index contributed by atoms with van der Waals surface area (Å²) in [4.78, 5) is 0. The summed E-state index contributed by atoms with van der Waals surface area (Å²) in [7, 11) is 1.75. The Morgan fingerprint density at radius 3 is 2.59 bits per heavy atom. The molecular weight excluding hydrogens is 272 g/mol. The van der Waals surface area contributed by atoms with Gasteiger partial charge in [-0.1, -0.05) is 30.3 Å². The Hall–Kier alpha value is -1.58. The van der Waals surface area contributed by atoms with Crippen molar-refractivity contribution in [3.8, 4) is 0 Å². The van der Waals surface area contributed by atoms with Crippen LogP contribution in [0.4, 0.5) is 0 Å². The van der Waals surface area contributed by atoms with Crippen molar-refractivity contribution >= 4 is 0 Å². The van der Waals surface area contributed by atoms with Crippen molar-refractivity contribution in [1.82, 2.24) is 9.88 Å². The molecule has 1 N–H and O–H groups in total. The van der Waals surface area contributed by atoms with E-state index in [2.05, 4.69) is 67.1 Å². The number of benzene rings is 1. The molecule has 0 aliphatic carbocycles. The van der Waals surface area contributed by atoms with Crippen LogP contribution < -0.4 is 5.32 Å². The molecular formula is C19H28N2O. The van der Waals surface area contributed by atoms with E-state index in [-0.39, 0.29) is 0 Å². The third kappa shape index (κ3) is 3.99. The number of methoxy groups -OCH3 is 1. The number of rotatable bonds is 8. The molecule has 0 saturated heterocycles. The maximum absolute atomic E-state index is 5.08. The molecule has 1 aromatic carbocycles. The van der Waals surface area contributed by atoms with Crippen molar-refractivity contribution in [3.63, 3.8) is 0 Å². The minimum absolute atomic E-state index is 0.364. The molecule has 2 aromatic rings. The third-order valence-corrected chi connectivity index (χ3v) is 4.28. The molecule has 22 heavy (non-hydrogen) atoms. The van der Waals surface area contributed by atoms with Crippen LogP contribution in [0.1, 0.15) is 41.9 Å². The molecule has 1 atom stereocenters. The predicted molar refractivity (Wildman–Crippen MR) is 92.4 cm³/mol. The van der Waals surface area contributed by atoms with Crippen LogP contribution in [-0.2, 0) is 11.3 Å². The lowest BCUT2D eigenvalue weighted by atomic mass is 10.1. The monoisotopic (exact) mass is 300 g/mol. The van der Waals surface area contributed by atoms with Gasteiger partial charge in [0.25, 0.3) is 0 Å². The minimum Gasteiger partial charge on any atom is -0.385 e. The van der Waals surface area contributed by atoms with Crippen molar-refractivity contribution in [2.75, 3.05) is 20.3 Å². The van der Waals surface area contributed by atoms with E-state index in [0.717, 1.165) is 26.1 Å². The predicted octanol–water partition coefficient (Wildman–Crippen LogP) is 3.84. The molecule has 1 aromatic heterocycles. The first-order valence-corrected chi connectivity index (χ1v) is 8.07. The molecule has 0 saturated carbocycles. The number of ether oxygens (including phenoxy) is 1. The number of hydrogen-bond donors (Lipinski definition) is 1. The smallest absolute Gasteiger partial charge is 0.0556 e. The minimum atomic E-state index is 0.364. The topological polar surface area (TPSA) is 26.2 Å². The van der Waals surface area contributed by atoms with Crippen molar-refractivity contribution in [1.29, 1.82) is 0 Å². The normalized spacial score (nSPS) is 12.5. The average Bonchev–Trinajstić information content (AvgIpc) is 2.81. The Labute approximate surface area is 134 Å². The second-order valence-corrected chi connectivity index (χ2v) is 5.88. The summed E-state index contributed by atoms with van der Waals surface area (Å²) >= 11 is 0. The number of hydrogen-bond acceptors (Lipinski definition) is 2. The third-order valence-electron chi connectivity index (χ3n) is 4.28. The second kappa shape index (κ2) is 8.16. The molecule has 0 aliphatic rings. The van der Waals surface area contributed by atoms with Gasteiger partial charge in [0.2, 0.25) is 0 Å². The first-order valence-electron chi connectivity index (χ1n) is 8.07. The first-order chi connectivity index (χ1) is 10.6. The summed E-state index contributed by atoms with van der Waals surface area (Å²) in [5.74, 6) is 0. The van der Waals surface area contributed by atoms with Gasteiger partial charge in [0.1, 0.15) is 0 Å². The van der Waals surface area contributed by atoms with E-state index in [1.807, 2.05) is 0 Å². The van der Waals surface area contributed by atoms with E-state index >= 15 is 0 Å². The van der Waals surface area contributed by atoms with Gasteiger partial charge < -0.3 is 14.6 Å². The van der Waals surface area contributed by atoms with Crippen LogP contribution >= 0.6 is 0 Å². The number of nitrogens with one attached hydrogen (secondary N) is 1. The van der Waals surface area contributed by atoms with Crippen molar-refractivity contribution in [2.24, 2.45) is 0 Å². The highest BCUT2D eigenvalue weighted by Gasteiger charge is 2.15. The average molecular weight is 300 g/mol. The quantitative estimate of drug-likeness (QED) is 0.750. The summed E-state index contributed by atoms with van der Waals surface area (Å²) < 4.78 is 7.51. The Balaban J connectivity index is 2.07. The number of nitrogens with zero attached hydrogens (tertiary/aromatic N) is 1. The molecule has 0 unspecified atom stereocenters. The van der Waals surface area contributed by atoms with Crippen LogP contribution in [0.5, 0.6) is 0 Å². The van der Waals surface area contributed by atoms with E-state index in [9.17, 15) is 0 Å². The van der Waals surface area contributed by atoms with E-state index < -0.39 is 0 Å². The maximum Gasteiger partial charge on any atom is 0.0556 e. The maximum atomic E-state index is 5.08. The molecule has 2 rings (SSSR count). The van der Waals surface area contributed by atoms with Gasteiger partial charge in [-0.3, -0.25) is 0 Å². The molecule has 0 aliphatic heterocycles.